The number of aliphatic imine (C=N–C) groups is 1. The number of benzene rings is 2. The average molecular weight is 504 g/mol. The van der Waals surface area contributed by atoms with Crippen molar-refractivity contribution in [2.45, 2.75) is 32.7 Å². The number of carboxylic acids is 1. The van der Waals surface area contributed by atoms with Crippen LogP contribution in [0.2, 0.25) is 5.02 Å². The largest absolute Gasteiger partial charge is 0.506 e. The van der Waals surface area contributed by atoms with Gasteiger partial charge in [0.25, 0.3) is 5.91 Å². The number of amides is 1. The molecule has 184 valence electrons. The summed E-state index contributed by atoms with van der Waals surface area (Å²) >= 11 is 6.59. The molecular formula is C28H26ClN3O4. The zero-order valence-electron chi connectivity index (χ0n) is 20.2. The first kappa shape index (κ1) is 25.1. The molecule has 36 heavy (non-hydrogen) atoms. The van der Waals surface area contributed by atoms with Crippen LogP contribution in [0.1, 0.15) is 39.9 Å². The Kier molecular flexibility index (Phi) is 7.22. The number of carbonyl (C=O) groups excluding carboxylic acids is 1. The lowest BCUT2D eigenvalue weighted by molar-refractivity contribution is -0.132. The molecule has 4 rings (SSSR count). The fraction of sp³-hybridized carbons (Fsp3) is 0.214. The Morgan fingerprint density at radius 1 is 1.11 bits per heavy atom. The van der Waals surface area contributed by atoms with Crippen molar-refractivity contribution in [2.75, 3.05) is 11.9 Å². The Bertz CT molecular complexity index is 1400. The Balaban J connectivity index is 1.66. The Hall–Kier alpha value is -3.97. The summed E-state index contributed by atoms with van der Waals surface area (Å²) in [6.07, 6.45) is 4.70. The second-order valence-electron chi connectivity index (χ2n) is 8.77. The maximum atomic E-state index is 12.8. The number of anilines is 1. The van der Waals surface area contributed by atoms with Crippen LogP contribution in [0.25, 0.3) is 16.9 Å². The van der Waals surface area contributed by atoms with Crippen molar-refractivity contribution in [1.82, 2.24) is 4.98 Å². The first-order valence-electron chi connectivity index (χ1n) is 11.5. The fourth-order valence-electron chi connectivity index (χ4n) is 3.88. The third-order valence-corrected chi connectivity index (χ3v) is 6.58. The Morgan fingerprint density at radius 3 is 2.42 bits per heavy atom. The van der Waals surface area contributed by atoms with E-state index in [1.807, 2.05) is 31.2 Å². The molecule has 8 heteroatoms. The van der Waals surface area contributed by atoms with Crippen LogP contribution in [-0.4, -0.2) is 46.4 Å². The molecule has 1 aromatic heterocycles. The van der Waals surface area contributed by atoms with Crippen LogP contribution in [0.5, 0.6) is 0 Å². The zero-order valence-corrected chi connectivity index (χ0v) is 21.0. The Labute approximate surface area is 214 Å². The van der Waals surface area contributed by atoms with Gasteiger partial charge >= 0.3 is 5.97 Å². The number of aliphatic hydroxyl groups excluding tert-OH is 1. The highest BCUT2D eigenvalue weighted by Crippen LogP contribution is 2.35. The number of aliphatic hydroxyl groups is 1. The van der Waals surface area contributed by atoms with Crippen LogP contribution in [0.15, 0.2) is 65.3 Å². The molecule has 0 bridgehead atoms. The van der Waals surface area contributed by atoms with E-state index in [2.05, 4.69) is 9.98 Å². The van der Waals surface area contributed by atoms with Crippen molar-refractivity contribution in [3.05, 3.63) is 87.6 Å². The minimum atomic E-state index is -1.28. The lowest BCUT2D eigenvalue weighted by atomic mass is 9.97. The molecule has 1 fully saturated rings. The first-order valence-corrected chi connectivity index (χ1v) is 11.9. The SMILES string of the molecule is Cc1cc(-c2ccc(C(O)=C(C=NC3CC3)C(=O)O)c(Cl)c2C)cnc1N(C)C(=O)c1ccccc1. The van der Waals surface area contributed by atoms with Gasteiger partial charge in [0.2, 0.25) is 0 Å². The fourth-order valence-corrected chi connectivity index (χ4v) is 4.14. The maximum Gasteiger partial charge on any atom is 0.341 e. The predicted octanol–water partition coefficient (Wildman–Crippen LogP) is 5.88. The average Bonchev–Trinajstić information content (AvgIpc) is 3.69. The van der Waals surface area contributed by atoms with Crippen molar-refractivity contribution in [3.63, 3.8) is 0 Å². The van der Waals surface area contributed by atoms with Crippen LogP contribution in [0, 0.1) is 13.8 Å². The molecule has 0 unspecified atom stereocenters. The predicted molar refractivity (Wildman–Crippen MR) is 142 cm³/mol. The van der Waals surface area contributed by atoms with Crippen molar-refractivity contribution in [3.8, 4) is 11.1 Å². The summed E-state index contributed by atoms with van der Waals surface area (Å²) in [7, 11) is 1.68. The van der Waals surface area contributed by atoms with Crippen molar-refractivity contribution in [1.29, 1.82) is 0 Å². The second-order valence-corrected chi connectivity index (χ2v) is 9.15. The number of aromatic nitrogens is 1. The van der Waals surface area contributed by atoms with Crippen LogP contribution in [0.3, 0.4) is 0 Å². The van der Waals surface area contributed by atoms with Crippen molar-refractivity contribution >= 4 is 41.3 Å². The van der Waals surface area contributed by atoms with Gasteiger partial charge in [-0.05, 0) is 67.6 Å². The molecule has 0 aliphatic heterocycles. The standard InChI is InChI=1S/C28H26ClN3O4/c1-16-13-19(14-31-26(16)32(3)27(34)18-7-5-4-6-8-18)21-11-12-22(24(29)17(21)2)25(33)23(28(35)36)15-30-20-9-10-20/h4-8,11-15,20,33H,9-10H2,1-3H3,(H,35,36). The van der Waals surface area contributed by atoms with Gasteiger partial charge in [-0.2, -0.15) is 0 Å². The van der Waals surface area contributed by atoms with E-state index >= 15 is 0 Å². The summed E-state index contributed by atoms with van der Waals surface area (Å²) in [6.45, 7) is 3.67. The van der Waals surface area contributed by atoms with E-state index in [1.54, 1.807) is 44.4 Å². The molecule has 2 N–H and O–H groups in total. The summed E-state index contributed by atoms with van der Waals surface area (Å²) in [6, 6.07) is 14.4. The number of carbonyl (C=O) groups is 2. The molecule has 1 aliphatic rings. The highest BCUT2D eigenvalue weighted by atomic mass is 35.5. The maximum absolute atomic E-state index is 12.8. The molecule has 7 nitrogen and oxygen atoms in total. The number of aliphatic carboxylic acids is 1. The molecule has 1 heterocycles. The summed E-state index contributed by atoms with van der Waals surface area (Å²) < 4.78 is 0. The lowest BCUT2D eigenvalue weighted by Crippen LogP contribution is -2.27. The van der Waals surface area contributed by atoms with Gasteiger partial charge in [0.05, 0.1) is 11.1 Å². The van der Waals surface area contributed by atoms with E-state index in [4.69, 9.17) is 11.6 Å². The second kappa shape index (κ2) is 10.3. The number of rotatable bonds is 7. The van der Waals surface area contributed by atoms with E-state index in [1.165, 1.54) is 11.1 Å². The van der Waals surface area contributed by atoms with Gasteiger partial charge in [-0.1, -0.05) is 35.9 Å². The zero-order chi connectivity index (χ0) is 26.0. The minimum absolute atomic E-state index is 0.118. The lowest BCUT2D eigenvalue weighted by Gasteiger charge is -2.19. The van der Waals surface area contributed by atoms with E-state index in [-0.39, 0.29) is 28.1 Å². The number of nitrogens with zero attached hydrogens (tertiary/aromatic N) is 3. The van der Waals surface area contributed by atoms with Gasteiger partial charge in [0, 0.05) is 36.1 Å². The molecule has 0 radical (unpaired) electrons. The highest BCUT2D eigenvalue weighted by Gasteiger charge is 2.23. The van der Waals surface area contributed by atoms with E-state index < -0.39 is 11.7 Å². The third-order valence-electron chi connectivity index (χ3n) is 6.09. The van der Waals surface area contributed by atoms with Crippen LogP contribution < -0.4 is 4.90 Å². The number of hydrogen-bond acceptors (Lipinski definition) is 5. The van der Waals surface area contributed by atoms with Crippen LogP contribution in [0.4, 0.5) is 5.82 Å². The highest BCUT2D eigenvalue weighted by molar-refractivity contribution is 6.34. The molecule has 1 aliphatic carbocycles. The molecule has 1 saturated carbocycles. The molecule has 0 spiro atoms. The topological polar surface area (TPSA) is 103 Å². The van der Waals surface area contributed by atoms with Gasteiger partial charge in [-0.25, -0.2) is 9.78 Å². The number of aryl methyl sites for hydroxylation is 1. The molecule has 1 amide bonds. The number of hydrogen-bond donors (Lipinski definition) is 2. The third kappa shape index (κ3) is 5.16. The minimum Gasteiger partial charge on any atom is -0.506 e. The Morgan fingerprint density at radius 2 is 1.81 bits per heavy atom. The summed E-state index contributed by atoms with van der Waals surface area (Å²) in [4.78, 5) is 34.8. The smallest absolute Gasteiger partial charge is 0.341 e. The monoisotopic (exact) mass is 503 g/mol. The summed E-state index contributed by atoms with van der Waals surface area (Å²) in [5.74, 6) is -1.34. The van der Waals surface area contributed by atoms with Gasteiger partial charge in [0.1, 0.15) is 17.2 Å². The summed E-state index contributed by atoms with van der Waals surface area (Å²) in [5.41, 5.74) is 3.49. The molecule has 3 aromatic rings. The van der Waals surface area contributed by atoms with E-state index in [0.717, 1.165) is 29.5 Å². The molecular weight excluding hydrogens is 478 g/mol. The van der Waals surface area contributed by atoms with E-state index in [9.17, 15) is 19.8 Å². The quantitative estimate of drug-likeness (QED) is 0.238. The van der Waals surface area contributed by atoms with Gasteiger partial charge in [-0.15, -0.1) is 0 Å². The van der Waals surface area contributed by atoms with Crippen LogP contribution in [-0.2, 0) is 4.79 Å². The normalized spacial score (nSPS) is 14.0. The number of halogens is 1. The number of carboxylic acid groups (broad SMARTS) is 1. The molecule has 0 atom stereocenters. The number of pyridine rings is 1. The van der Waals surface area contributed by atoms with Crippen LogP contribution >= 0.6 is 11.6 Å². The first-order chi connectivity index (χ1) is 17.2. The van der Waals surface area contributed by atoms with Crippen molar-refractivity contribution in [2.24, 2.45) is 4.99 Å². The summed E-state index contributed by atoms with van der Waals surface area (Å²) in [5, 5.41) is 20.5. The van der Waals surface area contributed by atoms with Gasteiger partial charge in [0.15, 0.2) is 0 Å². The van der Waals surface area contributed by atoms with Gasteiger partial charge in [-0.3, -0.25) is 14.7 Å². The van der Waals surface area contributed by atoms with Gasteiger partial charge < -0.3 is 10.2 Å². The molecule has 0 saturated heterocycles. The molecule has 2 aromatic carbocycles. The van der Waals surface area contributed by atoms with Crippen molar-refractivity contribution < 1.29 is 19.8 Å². The van der Waals surface area contributed by atoms with E-state index in [0.29, 0.717) is 16.9 Å².